The number of fused-ring (bicyclic) bond motifs is 5. The second-order valence-electron chi connectivity index (χ2n) is 18.8. The summed E-state index contributed by atoms with van der Waals surface area (Å²) in [6, 6.07) is 0. The standard InChI is InChI=1S/C41H65NO13/c1-21-19-42(48)13-10-34(50-21)54-37-22(2)52-36(18-31(37)44)55-38-23(3)51-35(17-30(38)43)53-26-8-11-39(4)25(15-26)6-7-28-29(39)16-32(45)40(5)27(9-12-41(28,40)47)24-14-33(46)49-20-24/h14,21-23,25-32,34-38,43-45,47-48H,6-13,15-20H2,1-5H3/t21?,22-,23-,25?,26-,27+,28?,29?,30-,31-,32-,34?,35-,36-,37+,38+,39-,40-,41-/m0/s1. The zero-order valence-electron chi connectivity index (χ0n) is 33.2. The Morgan fingerprint density at radius 2 is 1.45 bits per heavy atom. The van der Waals surface area contributed by atoms with E-state index in [1.807, 2.05) is 27.7 Å². The van der Waals surface area contributed by atoms with Gasteiger partial charge in [0, 0.05) is 43.8 Å². The lowest BCUT2D eigenvalue weighted by molar-refractivity contribution is -0.329. The molecule has 5 unspecified atom stereocenters. The van der Waals surface area contributed by atoms with Gasteiger partial charge in [0.05, 0.1) is 48.3 Å². The molecule has 0 radical (unpaired) electrons. The van der Waals surface area contributed by atoms with Gasteiger partial charge < -0.3 is 58.8 Å². The van der Waals surface area contributed by atoms with Crippen LogP contribution in [0.1, 0.15) is 105 Å². The van der Waals surface area contributed by atoms with Crippen LogP contribution < -0.4 is 0 Å². The van der Waals surface area contributed by atoms with Crippen molar-refractivity contribution in [3.63, 3.8) is 0 Å². The van der Waals surface area contributed by atoms with Crippen molar-refractivity contribution in [2.75, 3.05) is 19.7 Å². The van der Waals surface area contributed by atoms with Crippen molar-refractivity contribution in [2.24, 2.45) is 34.5 Å². The van der Waals surface area contributed by atoms with Crippen LogP contribution in [0.4, 0.5) is 0 Å². The van der Waals surface area contributed by atoms with Gasteiger partial charge >= 0.3 is 5.97 Å². The molecule has 8 aliphatic rings. The maximum Gasteiger partial charge on any atom is 0.331 e. The van der Waals surface area contributed by atoms with Crippen molar-refractivity contribution in [1.82, 2.24) is 5.06 Å². The van der Waals surface area contributed by atoms with Crippen molar-refractivity contribution in [3.05, 3.63) is 11.6 Å². The summed E-state index contributed by atoms with van der Waals surface area (Å²) in [5.74, 6) is 0.244. The zero-order valence-corrected chi connectivity index (χ0v) is 33.2. The molecule has 4 heterocycles. The minimum Gasteiger partial charge on any atom is -0.458 e. The quantitative estimate of drug-likeness (QED) is 0.187. The Kier molecular flexibility index (Phi) is 11.3. The molecule has 14 nitrogen and oxygen atoms in total. The van der Waals surface area contributed by atoms with Crippen LogP contribution in [0.5, 0.6) is 0 Å². The first-order valence-corrected chi connectivity index (χ1v) is 21.1. The Hall–Kier alpha value is -1.27. The molecule has 5 N–H and O–H groups in total. The second-order valence-corrected chi connectivity index (χ2v) is 18.8. The van der Waals surface area contributed by atoms with E-state index in [-0.39, 0.29) is 60.8 Å². The van der Waals surface area contributed by atoms with Crippen LogP contribution in [0, 0.1) is 34.5 Å². The third-order valence-electron chi connectivity index (χ3n) is 15.8. The van der Waals surface area contributed by atoms with Crippen molar-refractivity contribution < 1.29 is 63.6 Å². The largest absolute Gasteiger partial charge is 0.458 e. The fourth-order valence-corrected chi connectivity index (χ4v) is 12.8. The fourth-order valence-electron chi connectivity index (χ4n) is 12.8. The summed E-state index contributed by atoms with van der Waals surface area (Å²) >= 11 is 0. The molecule has 0 aromatic rings. The molecular weight excluding hydrogens is 714 g/mol. The molecule has 0 aromatic heterocycles. The highest BCUT2D eigenvalue weighted by Crippen LogP contribution is 2.70. The highest BCUT2D eigenvalue weighted by molar-refractivity contribution is 5.85. The highest BCUT2D eigenvalue weighted by atomic mass is 16.7. The van der Waals surface area contributed by atoms with E-state index in [4.69, 9.17) is 33.2 Å². The monoisotopic (exact) mass is 779 g/mol. The second kappa shape index (κ2) is 15.4. The Morgan fingerprint density at radius 1 is 0.782 bits per heavy atom. The number of hydrogen-bond donors (Lipinski definition) is 5. The predicted octanol–water partition coefficient (Wildman–Crippen LogP) is 3.19. The van der Waals surface area contributed by atoms with Gasteiger partial charge in [0.2, 0.25) is 0 Å². The van der Waals surface area contributed by atoms with E-state index in [0.29, 0.717) is 38.3 Å². The van der Waals surface area contributed by atoms with Gasteiger partial charge in [0.1, 0.15) is 18.8 Å². The Balaban J connectivity index is 0.837. The summed E-state index contributed by atoms with van der Waals surface area (Å²) in [7, 11) is 0. The lowest BCUT2D eigenvalue weighted by atomic mass is 9.42. The van der Waals surface area contributed by atoms with Crippen LogP contribution in [0.25, 0.3) is 0 Å². The molecule has 4 aliphatic carbocycles. The number of carbonyl (C=O) groups excluding carboxylic acids is 1. The average Bonchev–Trinajstić information content (AvgIpc) is 3.62. The van der Waals surface area contributed by atoms with Crippen molar-refractivity contribution in [2.45, 2.75) is 185 Å². The maximum absolute atomic E-state index is 12.6. The average molecular weight is 780 g/mol. The minimum atomic E-state index is -1.00. The molecule has 4 aliphatic heterocycles. The topological polar surface area (TPSA) is 186 Å². The third kappa shape index (κ3) is 7.26. The summed E-state index contributed by atoms with van der Waals surface area (Å²) in [6.07, 6.45) is 2.06. The number of nitrogens with zero attached hydrogens (tertiary/aromatic N) is 1. The number of carbonyl (C=O) groups is 1. The molecular formula is C41H65NO13. The van der Waals surface area contributed by atoms with Crippen LogP contribution in [-0.2, 0) is 38.0 Å². The third-order valence-corrected chi connectivity index (χ3v) is 15.8. The van der Waals surface area contributed by atoms with Crippen LogP contribution in [0.2, 0.25) is 0 Å². The molecule has 55 heavy (non-hydrogen) atoms. The minimum absolute atomic E-state index is 0.0310. The lowest BCUT2D eigenvalue weighted by Crippen LogP contribution is -2.67. The number of aliphatic hydroxyl groups excluding tert-OH is 3. The molecule has 4 saturated carbocycles. The molecule has 14 heteroatoms. The van der Waals surface area contributed by atoms with Gasteiger partial charge in [-0.05, 0) is 107 Å². The van der Waals surface area contributed by atoms with Gasteiger partial charge in [-0.2, -0.15) is 5.06 Å². The summed E-state index contributed by atoms with van der Waals surface area (Å²) in [6.45, 7) is 11.0. The SMILES string of the molecule is CC1CN(O)CCC(O[C@@H]2[C@H](C)O[C@@H](O[C@@H]3[C@H](C)O[C@@H](O[C@H]4CC[C@@]5(C)C(CCC6C5C[C@H](O)[C@]5(C)[C@@H](C7=CC(=O)OC7)CC[C@]65O)C4)C[C@@H]3O)C[C@@H]2O)O1. The molecule has 19 atom stereocenters. The van der Waals surface area contributed by atoms with Gasteiger partial charge in [-0.3, -0.25) is 0 Å². The molecule has 0 spiro atoms. The highest BCUT2D eigenvalue weighted by Gasteiger charge is 2.71. The summed E-state index contributed by atoms with van der Waals surface area (Å²) in [5, 5.41) is 58.0. The Bertz CT molecular complexity index is 1410. The Morgan fingerprint density at radius 3 is 2.11 bits per heavy atom. The van der Waals surface area contributed by atoms with E-state index in [1.165, 1.54) is 5.06 Å². The molecule has 7 fully saturated rings. The van der Waals surface area contributed by atoms with E-state index in [1.54, 1.807) is 6.08 Å². The first-order valence-electron chi connectivity index (χ1n) is 21.1. The zero-order chi connectivity index (χ0) is 39.0. The van der Waals surface area contributed by atoms with E-state index >= 15 is 0 Å². The van der Waals surface area contributed by atoms with Gasteiger partial charge in [-0.15, -0.1) is 0 Å². The first-order chi connectivity index (χ1) is 26.1. The van der Waals surface area contributed by atoms with Gasteiger partial charge in [0.25, 0.3) is 0 Å². The van der Waals surface area contributed by atoms with Crippen LogP contribution in [0.3, 0.4) is 0 Å². The lowest BCUT2D eigenvalue weighted by Gasteiger charge is -2.65. The van der Waals surface area contributed by atoms with Crippen LogP contribution >= 0.6 is 0 Å². The molecule has 0 bridgehead atoms. The van der Waals surface area contributed by atoms with Gasteiger partial charge in [-0.25, -0.2) is 4.79 Å². The molecule has 3 saturated heterocycles. The number of rotatable bonds is 7. The molecule has 312 valence electrons. The fraction of sp³-hybridized carbons (Fsp3) is 0.927. The number of hydrogen-bond acceptors (Lipinski definition) is 14. The number of ether oxygens (including phenoxy) is 7. The van der Waals surface area contributed by atoms with Gasteiger partial charge in [-0.1, -0.05) is 13.8 Å². The summed E-state index contributed by atoms with van der Waals surface area (Å²) in [4.78, 5) is 11.9. The molecule has 0 aromatic carbocycles. The number of aliphatic hydroxyl groups is 4. The van der Waals surface area contributed by atoms with Crippen LogP contribution in [-0.4, -0.2) is 136 Å². The Labute approximate surface area is 324 Å². The summed E-state index contributed by atoms with van der Waals surface area (Å²) in [5.41, 5.74) is -0.861. The predicted molar refractivity (Wildman–Crippen MR) is 194 cm³/mol. The van der Waals surface area contributed by atoms with E-state index in [9.17, 15) is 30.4 Å². The number of cyclic esters (lactones) is 1. The van der Waals surface area contributed by atoms with Crippen molar-refractivity contribution in [1.29, 1.82) is 0 Å². The van der Waals surface area contributed by atoms with Crippen molar-refractivity contribution >= 4 is 5.97 Å². The van der Waals surface area contributed by atoms with Gasteiger partial charge in [0.15, 0.2) is 18.9 Å². The first kappa shape index (κ1) is 40.5. The van der Waals surface area contributed by atoms with Crippen LogP contribution in [0.15, 0.2) is 11.6 Å². The van der Waals surface area contributed by atoms with E-state index in [2.05, 4.69) is 6.92 Å². The molecule has 8 rings (SSSR count). The smallest absolute Gasteiger partial charge is 0.331 e. The maximum atomic E-state index is 12.6. The summed E-state index contributed by atoms with van der Waals surface area (Å²) < 4.78 is 42.6. The number of hydroxylamine groups is 2. The number of esters is 1. The normalized spacial score (nSPS) is 53.4. The molecule has 0 amide bonds. The van der Waals surface area contributed by atoms with E-state index < -0.39 is 72.6 Å². The van der Waals surface area contributed by atoms with Crippen molar-refractivity contribution in [3.8, 4) is 0 Å². The van der Waals surface area contributed by atoms with E-state index in [0.717, 1.165) is 44.1 Å².